The molecule has 0 atom stereocenters. The van der Waals surface area contributed by atoms with E-state index in [1.807, 2.05) is 12.1 Å². The molecule has 2 amide bonds. The number of nitrogens with two attached hydrogens (primary N) is 1. The highest BCUT2D eigenvalue weighted by Gasteiger charge is 2.23. The molecule has 7 nitrogen and oxygen atoms in total. The van der Waals surface area contributed by atoms with Gasteiger partial charge in [0.15, 0.2) is 0 Å². The molecular formula is C18H17N5O2S. The first-order chi connectivity index (χ1) is 12.6. The molecule has 2 aromatic rings. The van der Waals surface area contributed by atoms with E-state index in [9.17, 15) is 14.9 Å². The predicted molar refractivity (Wildman–Crippen MR) is 99.6 cm³/mol. The van der Waals surface area contributed by atoms with Gasteiger partial charge in [-0.1, -0.05) is 30.0 Å². The number of aromatic nitrogens is 1. The number of carbonyl (C=O) groups is 2. The van der Waals surface area contributed by atoms with Gasteiger partial charge < -0.3 is 16.4 Å². The minimum absolute atomic E-state index is 0.0162. The van der Waals surface area contributed by atoms with Crippen LogP contribution in [-0.2, 0) is 4.79 Å². The first-order valence-corrected chi connectivity index (χ1v) is 9.04. The van der Waals surface area contributed by atoms with E-state index >= 15 is 0 Å². The molecule has 132 valence electrons. The molecule has 0 bridgehead atoms. The second-order valence-corrected chi connectivity index (χ2v) is 6.80. The fourth-order valence-electron chi connectivity index (χ4n) is 2.23. The Morgan fingerprint density at radius 2 is 2.04 bits per heavy atom. The molecule has 0 spiro atoms. The monoisotopic (exact) mass is 367 g/mol. The third kappa shape index (κ3) is 4.52. The van der Waals surface area contributed by atoms with Gasteiger partial charge in [0.05, 0.1) is 16.9 Å². The van der Waals surface area contributed by atoms with Crippen LogP contribution in [0.25, 0.3) is 0 Å². The van der Waals surface area contributed by atoms with E-state index in [4.69, 9.17) is 5.73 Å². The summed E-state index contributed by atoms with van der Waals surface area (Å²) in [6, 6.07) is 12.6. The molecule has 1 aromatic carbocycles. The lowest BCUT2D eigenvalue weighted by Crippen LogP contribution is -2.27. The average molecular weight is 367 g/mol. The van der Waals surface area contributed by atoms with Gasteiger partial charge in [0, 0.05) is 11.7 Å². The zero-order chi connectivity index (χ0) is 18.5. The summed E-state index contributed by atoms with van der Waals surface area (Å²) < 4.78 is 0. The predicted octanol–water partition coefficient (Wildman–Crippen LogP) is 2.16. The SMILES string of the molecule is N#Cc1cc(C(=O)Nc2ccccc2)c(N)nc1SCC(=O)NC1CC1. The van der Waals surface area contributed by atoms with Crippen LogP contribution in [0.1, 0.15) is 28.8 Å². The van der Waals surface area contributed by atoms with Gasteiger partial charge in [-0.15, -0.1) is 0 Å². The smallest absolute Gasteiger partial charge is 0.259 e. The van der Waals surface area contributed by atoms with Crippen LogP contribution in [0.3, 0.4) is 0 Å². The molecular weight excluding hydrogens is 350 g/mol. The third-order valence-corrected chi connectivity index (χ3v) is 4.69. The number of rotatable bonds is 6. The molecule has 26 heavy (non-hydrogen) atoms. The summed E-state index contributed by atoms with van der Waals surface area (Å²) in [5.74, 6) is -0.386. The van der Waals surface area contributed by atoms with Crippen molar-refractivity contribution in [3.8, 4) is 6.07 Å². The number of carbonyl (C=O) groups excluding carboxylic acids is 2. The molecule has 3 rings (SSSR count). The van der Waals surface area contributed by atoms with Gasteiger partial charge in [-0.25, -0.2) is 4.98 Å². The van der Waals surface area contributed by atoms with Crippen LogP contribution >= 0.6 is 11.8 Å². The van der Waals surface area contributed by atoms with Crippen molar-refractivity contribution in [2.45, 2.75) is 23.9 Å². The van der Waals surface area contributed by atoms with Gasteiger partial charge >= 0.3 is 0 Å². The maximum absolute atomic E-state index is 12.4. The van der Waals surface area contributed by atoms with Crippen molar-refractivity contribution in [1.82, 2.24) is 10.3 Å². The highest BCUT2D eigenvalue weighted by Crippen LogP contribution is 2.25. The quantitative estimate of drug-likeness (QED) is 0.673. The number of hydrogen-bond acceptors (Lipinski definition) is 6. The standard InChI is InChI=1S/C18H17N5O2S/c19-9-11-8-14(17(25)22-12-4-2-1-3-5-12)16(20)23-18(11)26-10-15(24)21-13-6-7-13/h1-5,8,13H,6-7,10H2,(H2,20,23)(H,21,24)(H,22,25). The maximum Gasteiger partial charge on any atom is 0.259 e. The van der Waals surface area contributed by atoms with Crippen LogP contribution < -0.4 is 16.4 Å². The van der Waals surface area contributed by atoms with E-state index in [1.54, 1.807) is 24.3 Å². The summed E-state index contributed by atoms with van der Waals surface area (Å²) in [6.45, 7) is 0. The van der Waals surface area contributed by atoms with E-state index in [-0.39, 0.29) is 34.6 Å². The number of nitrogens with zero attached hydrogens (tertiary/aromatic N) is 2. The van der Waals surface area contributed by atoms with Crippen LogP contribution in [0.5, 0.6) is 0 Å². The minimum Gasteiger partial charge on any atom is -0.383 e. The Balaban J connectivity index is 1.72. The van der Waals surface area contributed by atoms with E-state index in [0.29, 0.717) is 10.7 Å². The molecule has 1 aliphatic rings. The summed E-state index contributed by atoms with van der Waals surface area (Å²) in [6.07, 6.45) is 2.02. The minimum atomic E-state index is -0.444. The molecule has 8 heteroatoms. The molecule has 0 unspecified atom stereocenters. The number of para-hydroxylation sites is 1. The Bertz CT molecular complexity index is 875. The Morgan fingerprint density at radius 3 is 2.69 bits per heavy atom. The number of nitrogen functional groups attached to an aromatic ring is 1. The maximum atomic E-state index is 12.4. The number of nitrogens with one attached hydrogen (secondary N) is 2. The van der Waals surface area contributed by atoms with Gasteiger partial charge in [0.2, 0.25) is 5.91 Å². The number of hydrogen-bond donors (Lipinski definition) is 3. The van der Waals surface area contributed by atoms with Gasteiger partial charge in [-0.2, -0.15) is 5.26 Å². The van der Waals surface area contributed by atoms with Gasteiger partial charge in [-0.05, 0) is 31.0 Å². The van der Waals surface area contributed by atoms with Crippen LogP contribution in [0, 0.1) is 11.3 Å². The van der Waals surface area contributed by atoms with Crippen LogP contribution in [0.2, 0.25) is 0 Å². The Labute approximate surface area is 155 Å². The number of amides is 2. The number of nitriles is 1. The molecule has 4 N–H and O–H groups in total. The van der Waals surface area contributed by atoms with E-state index in [2.05, 4.69) is 15.6 Å². The van der Waals surface area contributed by atoms with Crippen molar-refractivity contribution in [1.29, 1.82) is 5.26 Å². The van der Waals surface area contributed by atoms with Crippen molar-refractivity contribution >= 4 is 35.1 Å². The van der Waals surface area contributed by atoms with Crippen molar-refractivity contribution < 1.29 is 9.59 Å². The molecule has 1 aliphatic carbocycles. The summed E-state index contributed by atoms with van der Waals surface area (Å²) in [7, 11) is 0. The normalized spacial score (nSPS) is 12.9. The van der Waals surface area contributed by atoms with Gasteiger partial charge in [0.1, 0.15) is 16.9 Å². The molecule has 1 saturated carbocycles. The van der Waals surface area contributed by atoms with E-state index in [0.717, 1.165) is 24.6 Å². The summed E-state index contributed by atoms with van der Waals surface area (Å²) >= 11 is 1.13. The molecule has 1 heterocycles. The van der Waals surface area contributed by atoms with Crippen molar-refractivity contribution in [2.75, 3.05) is 16.8 Å². The number of thioether (sulfide) groups is 1. The number of pyridine rings is 1. The lowest BCUT2D eigenvalue weighted by Gasteiger charge is -2.10. The molecule has 0 saturated heterocycles. The molecule has 0 radical (unpaired) electrons. The van der Waals surface area contributed by atoms with Crippen molar-refractivity contribution in [3.63, 3.8) is 0 Å². The van der Waals surface area contributed by atoms with Crippen molar-refractivity contribution in [2.24, 2.45) is 0 Å². The highest BCUT2D eigenvalue weighted by molar-refractivity contribution is 8.00. The van der Waals surface area contributed by atoms with Gasteiger partial charge in [-0.3, -0.25) is 9.59 Å². The fraction of sp³-hybridized carbons (Fsp3) is 0.222. The Kier molecular flexibility index (Phi) is 5.39. The third-order valence-electron chi connectivity index (χ3n) is 3.70. The Morgan fingerprint density at radius 1 is 1.31 bits per heavy atom. The fourth-order valence-corrected chi connectivity index (χ4v) is 3.01. The molecule has 1 fully saturated rings. The van der Waals surface area contributed by atoms with E-state index in [1.165, 1.54) is 6.07 Å². The lowest BCUT2D eigenvalue weighted by atomic mass is 10.2. The summed E-state index contributed by atoms with van der Waals surface area (Å²) in [4.78, 5) is 28.3. The number of anilines is 2. The van der Waals surface area contributed by atoms with Crippen molar-refractivity contribution in [3.05, 3.63) is 47.5 Å². The largest absolute Gasteiger partial charge is 0.383 e. The van der Waals surface area contributed by atoms with Crippen LogP contribution in [0.4, 0.5) is 11.5 Å². The Hall–Kier alpha value is -3.05. The lowest BCUT2D eigenvalue weighted by molar-refractivity contribution is -0.118. The second-order valence-electron chi connectivity index (χ2n) is 5.84. The zero-order valence-electron chi connectivity index (χ0n) is 13.9. The van der Waals surface area contributed by atoms with E-state index < -0.39 is 5.91 Å². The molecule has 0 aliphatic heterocycles. The van der Waals surface area contributed by atoms with Crippen LogP contribution in [-0.4, -0.2) is 28.6 Å². The molecule has 1 aromatic heterocycles. The first kappa shape index (κ1) is 17.8. The first-order valence-electron chi connectivity index (χ1n) is 8.06. The number of benzene rings is 1. The summed E-state index contributed by atoms with van der Waals surface area (Å²) in [5.41, 5.74) is 6.85. The highest BCUT2D eigenvalue weighted by atomic mass is 32.2. The average Bonchev–Trinajstić information content (AvgIpc) is 3.44. The van der Waals surface area contributed by atoms with Crippen LogP contribution in [0.15, 0.2) is 41.4 Å². The summed E-state index contributed by atoms with van der Waals surface area (Å²) in [5, 5.41) is 15.3. The topological polar surface area (TPSA) is 121 Å². The second kappa shape index (κ2) is 7.89. The van der Waals surface area contributed by atoms with Gasteiger partial charge in [0.25, 0.3) is 5.91 Å². The zero-order valence-corrected chi connectivity index (χ0v) is 14.7.